The second kappa shape index (κ2) is 5.16. The van der Waals surface area contributed by atoms with E-state index >= 15 is 0 Å². The van der Waals surface area contributed by atoms with Crippen molar-refractivity contribution in [3.05, 3.63) is 30.3 Å². The molecule has 1 aromatic rings. The predicted molar refractivity (Wildman–Crippen MR) is 63.6 cm³/mol. The highest BCUT2D eigenvalue weighted by Gasteiger charge is 2.42. The van der Waals surface area contributed by atoms with E-state index in [2.05, 4.69) is 0 Å². The molecule has 0 radical (unpaired) electrons. The number of carboxylic acid groups (broad SMARTS) is 1. The molecule has 0 saturated carbocycles. The van der Waals surface area contributed by atoms with Gasteiger partial charge in [-0.2, -0.15) is 0 Å². The Balaban J connectivity index is 3.04. The molecule has 0 fully saturated rings. The van der Waals surface area contributed by atoms with Crippen molar-refractivity contribution >= 4 is 23.5 Å². The number of hydrogen-bond acceptors (Lipinski definition) is 3. The van der Waals surface area contributed by atoms with Gasteiger partial charge in [-0.1, -0.05) is 36.9 Å². The molecule has 0 bridgehead atoms. The average Bonchev–Trinajstić information content (AvgIpc) is 2.26. The van der Waals surface area contributed by atoms with Gasteiger partial charge in [0, 0.05) is 4.90 Å². The summed E-state index contributed by atoms with van der Waals surface area (Å²) < 4.78 is -1.36. The van der Waals surface area contributed by atoms with Gasteiger partial charge in [0.05, 0.1) is 0 Å². The van der Waals surface area contributed by atoms with Crippen LogP contribution < -0.4 is 0 Å². The molecule has 1 aromatic carbocycles. The number of carbonyl (C=O) groups excluding carboxylic acids is 1. The predicted octanol–water partition coefficient (Wildman–Crippen LogP) is 2.60. The van der Waals surface area contributed by atoms with Crippen molar-refractivity contribution < 1.29 is 14.7 Å². The molecule has 0 saturated heterocycles. The van der Waals surface area contributed by atoms with Crippen LogP contribution in [0.15, 0.2) is 35.2 Å². The van der Waals surface area contributed by atoms with E-state index in [1.54, 1.807) is 19.1 Å². The second-order valence-corrected chi connectivity index (χ2v) is 4.83. The molecule has 0 aliphatic carbocycles. The highest BCUT2D eigenvalue weighted by Crippen LogP contribution is 2.36. The average molecular weight is 238 g/mol. The Morgan fingerprint density at radius 2 is 1.88 bits per heavy atom. The van der Waals surface area contributed by atoms with Crippen molar-refractivity contribution in [1.82, 2.24) is 0 Å². The molecule has 0 spiro atoms. The number of hydrogen-bond donors (Lipinski definition) is 1. The molecule has 1 N–H and O–H groups in total. The van der Waals surface area contributed by atoms with Crippen molar-refractivity contribution in [3.8, 4) is 0 Å². The summed E-state index contributed by atoms with van der Waals surface area (Å²) in [6.07, 6.45) is 0.275. The van der Waals surface area contributed by atoms with E-state index in [9.17, 15) is 14.7 Å². The van der Waals surface area contributed by atoms with Crippen LogP contribution in [0.5, 0.6) is 0 Å². The fourth-order valence-electron chi connectivity index (χ4n) is 1.43. The Morgan fingerprint density at radius 3 is 2.25 bits per heavy atom. The van der Waals surface area contributed by atoms with E-state index in [-0.39, 0.29) is 12.2 Å². The van der Waals surface area contributed by atoms with Crippen LogP contribution in [-0.4, -0.2) is 21.6 Å². The first-order chi connectivity index (χ1) is 7.53. The maximum Gasteiger partial charge on any atom is 0.327 e. The summed E-state index contributed by atoms with van der Waals surface area (Å²) in [7, 11) is 0. The second-order valence-electron chi connectivity index (χ2n) is 3.46. The first kappa shape index (κ1) is 12.8. The van der Waals surface area contributed by atoms with Crippen molar-refractivity contribution in [1.29, 1.82) is 0 Å². The molecule has 16 heavy (non-hydrogen) atoms. The minimum absolute atomic E-state index is 0.275. The standard InChI is InChI=1S/C12H14O3S/c1-3-12(9(2)13,11(14)15)16-10-7-5-4-6-8-10/h4-8H,3H2,1-2H3,(H,14,15). The van der Waals surface area contributed by atoms with Gasteiger partial charge in [0.25, 0.3) is 0 Å². The summed E-state index contributed by atoms with van der Waals surface area (Å²) in [6.45, 7) is 3.04. The lowest BCUT2D eigenvalue weighted by Gasteiger charge is -2.24. The Labute approximate surface area is 98.9 Å². The van der Waals surface area contributed by atoms with Gasteiger partial charge in [0.1, 0.15) is 0 Å². The monoisotopic (exact) mass is 238 g/mol. The van der Waals surface area contributed by atoms with Crippen LogP contribution in [0, 0.1) is 0 Å². The number of aliphatic carboxylic acids is 1. The molecule has 86 valence electrons. The van der Waals surface area contributed by atoms with Crippen molar-refractivity contribution in [2.45, 2.75) is 29.9 Å². The summed E-state index contributed by atoms with van der Waals surface area (Å²) in [4.78, 5) is 23.6. The Kier molecular flexibility index (Phi) is 4.12. The van der Waals surface area contributed by atoms with E-state index in [1.165, 1.54) is 6.92 Å². The zero-order chi connectivity index (χ0) is 12.2. The van der Waals surface area contributed by atoms with Crippen molar-refractivity contribution in [2.75, 3.05) is 0 Å². The van der Waals surface area contributed by atoms with Crippen molar-refractivity contribution in [2.24, 2.45) is 0 Å². The molecule has 4 heteroatoms. The van der Waals surface area contributed by atoms with Crippen LogP contribution in [0.2, 0.25) is 0 Å². The van der Waals surface area contributed by atoms with E-state index in [0.29, 0.717) is 0 Å². The van der Waals surface area contributed by atoms with Gasteiger partial charge in [-0.3, -0.25) is 9.59 Å². The van der Waals surface area contributed by atoms with Gasteiger partial charge in [0.15, 0.2) is 10.5 Å². The van der Waals surface area contributed by atoms with E-state index in [1.807, 2.05) is 18.2 Å². The minimum atomic E-state index is -1.36. The third kappa shape index (κ3) is 2.44. The van der Waals surface area contributed by atoms with Crippen LogP contribution in [0.3, 0.4) is 0 Å². The largest absolute Gasteiger partial charge is 0.480 e. The lowest BCUT2D eigenvalue weighted by atomic mass is 10.0. The summed E-state index contributed by atoms with van der Waals surface area (Å²) in [5, 5.41) is 9.21. The minimum Gasteiger partial charge on any atom is -0.480 e. The van der Waals surface area contributed by atoms with Crippen LogP contribution in [0.1, 0.15) is 20.3 Å². The van der Waals surface area contributed by atoms with Crippen LogP contribution in [0.4, 0.5) is 0 Å². The van der Waals surface area contributed by atoms with E-state index in [4.69, 9.17) is 0 Å². The highest BCUT2D eigenvalue weighted by molar-refractivity contribution is 8.02. The fourth-order valence-corrected chi connectivity index (χ4v) is 2.50. The van der Waals surface area contributed by atoms with Gasteiger partial charge >= 0.3 is 5.97 Å². The fraction of sp³-hybridized carbons (Fsp3) is 0.333. The number of ketones is 1. The quantitative estimate of drug-likeness (QED) is 0.633. The molecule has 1 unspecified atom stereocenters. The number of thioether (sulfide) groups is 1. The van der Waals surface area contributed by atoms with Crippen LogP contribution in [-0.2, 0) is 9.59 Å². The zero-order valence-corrected chi connectivity index (χ0v) is 10.1. The summed E-state index contributed by atoms with van der Waals surface area (Å²) in [5.74, 6) is -1.40. The number of Topliss-reactive ketones (excluding diaryl/α,β-unsaturated/α-hetero) is 1. The third-order valence-electron chi connectivity index (χ3n) is 2.45. The van der Waals surface area contributed by atoms with Gasteiger partial charge in [-0.25, -0.2) is 0 Å². The Bertz CT molecular complexity index is 373. The topological polar surface area (TPSA) is 54.4 Å². The Morgan fingerprint density at radius 1 is 1.31 bits per heavy atom. The summed E-state index contributed by atoms with van der Waals surface area (Å²) in [6, 6.07) is 9.11. The highest BCUT2D eigenvalue weighted by atomic mass is 32.2. The number of benzene rings is 1. The molecule has 3 nitrogen and oxygen atoms in total. The number of rotatable bonds is 5. The number of carboxylic acids is 1. The molecule has 0 heterocycles. The molecule has 0 amide bonds. The summed E-state index contributed by atoms with van der Waals surface area (Å²) >= 11 is 1.10. The molecule has 1 atom stereocenters. The molecule has 0 aliphatic rings. The maximum absolute atomic E-state index is 11.5. The Hall–Kier alpha value is -1.29. The normalized spacial score (nSPS) is 14.1. The summed E-state index contributed by atoms with van der Waals surface area (Å²) in [5.41, 5.74) is 0. The maximum atomic E-state index is 11.5. The van der Waals surface area contributed by atoms with Gasteiger partial charge in [0.2, 0.25) is 0 Å². The molecule has 1 rings (SSSR count). The third-order valence-corrected chi connectivity index (χ3v) is 4.05. The van der Waals surface area contributed by atoms with Gasteiger partial charge < -0.3 is 5.11 Å². The first-order valence-electron chi connectivity index (χ1n) is 5.01. The number of carbonyl (C=O) groups is 2. The van der Waals surface area contributed by atoms with Crippen molar-refractivity contribution in [3.63, 3.8) is 0 Å². The van der Waals surface area contributed by atoms with Gasteiger partial charge in [-0.15, -0.1) is 0 Å². The van der Waals surface area contributed by atoms with Gasteiger partial charge in [-0.05, 0) is 25.5 Å². The van der Waals surface area contributed by atoms with E-state index < -0.39 is 10.7 Å². The first-order valence-corrected chi connectivity index (χ1v) is 5.83. The lowest BCUT2D eigenvalue weighted by Crippen LogP contribution is -2.41. The molecular weight excluding hydrogens is 224 g/mol. The van der Waals surface area contributed by atoms with Crippen LogP contribution in [0.25, 0.3) is 0 Å². The molecule has 0 aliphatic heterocycles. The smallest absolute Gasteiger partial charge is 0.327 e. The lowest BCUT2D eigenvalue weighted by molar-refractivity contribution is -0.143. The zero-order valence-electron chi connectivity index (χ0n) is 9.27. The molecular formula is C12H14O3S. The van der Waals surface area contributed by atoms with E-state index in [0.717, 1.165) is 16.7 Å². The molecule has 0 aromatic heterocycles. The van der Waals surface area contributed by atoms with Crippen LogP contribution >= 0.6 is 11.8 Å². The SMILES string of the molecule is CCC(Sc1ccccc1)(C(C)=O)C(=O)O.